The molecule has 0 saturated heterocycles. The van der Waals surface area contributed by atoms with Gasteiger partial charge in [0.25, 0.3) is 15.9 Å². The van der Waals surface area contributed by atoms with E-state index in [0.717, 1.165) is 24.8 Å². The zero-order chi connectivity index (χ0) is 17.2. The van der Waals surface area contributed by atoms with Gasteiger partial charge in [0.15, 0.2) is 0 Å². The Hall–Kier alpha value is -2.34. The van der Waals surface area contributed by atoms with Crippen molar-refractivity contribution in [1.82, 2.24) is 5.32 Å². The maximum absolute atomic E-state index is 12.5. The van der Waals surface area contributed by atoms with Gasteiger partial charge in [-0.3, -0.25) is 9.52 Å². The first-order valence-electron chi connectivity index (χ1n) is 8.00. The van der Waals surface area contributed by atoms with Gasteiger partial charge in [-0.25, -0.2) is 8.42 Å². The van der Waals surface area contributed by atoms with Crippen molar-refractivity contribution < 1.29 is 13.2 Å². The Bertz CT molecular complexity index is 841. The van der Waals surface area contributed by atoms with E-state index in [1.165, 1.54) is 12.1 Å². The highest BCUT2D eigenvalue weighted by Gasteiger charge is 2.24. The van der Waals surface area contributed by atoms with Crippen LogP contribution in [0.5, 0.6) is 0 Å². The highest BCUT2D eigenvalue weighted by Crippen LogP contribution is 2.21. The molecule has 6 heteroatoms. The van der Waals surface area contributed by atoms with E-state index in [9.17, 15) is 13.2 Å². The Labute approximate surface area is 142 Å². The second kappa shape index (κ2) is 6.65. The minimum Gasteiger partial charge on any atom is -0.349 e. The largest absolute Gasteiger partial charge is 0.349 e. The Morgan fingerprint density at radius 1 is 1.12 bits per heavy atom. The van der Waals surface area contributed by atoms with Gasteiger partial charge in [0.2, 0.25) is 0 Å². The molecule has 2 aromatic carbocycles. The molecule has 3 rings (SSSR count). The number of nitrogens with one attached hydrogen (secondary N) is 2. The van der Waals surface area contributed by atoms with Crippen molar-refractivity contribution in [3.8, 4) is 0 Å². The maximum atomic E-state index is 12.5. The number of rotatable bonds is 6. The highest BCUT2D eigenvalue weighted by molar-refractivity contribution is 7.92. The number of amides is 1. The summed E-state index contributed by atoms with van der Waals surface area (Å²) in [7, 11) is -3.73. The molecule has 0 aliphatic heterocycles. The van der Waals surface area contributed by atoms with E-state index in [0.29, 0.717) is 11.3 Å². The molecule has 0 heterocycles. The molecular formula is C18H20N2O3S. The van der Waals surface area contributed by atoms with Crippen molar-refractivity contribution in [2.75, 3.05) is 4.72 Å². The molecule has 0 atom stereocenters. The van der Waals surface area contributed by atoms with Crippen LogP contribution in [0.25, 0.3) is 0 Å². The number of carbonyl (C=O) groups excluding carboxylic acids is 1. The summed E-state index contributed by atoms with van der Waals surface area (Å²) < 4.78 is 27.6. The summed E-state index contributed by atoms with van der Waals surface area (Å²) >= 11 is 0. The zero-order valence-electron chi connectivity index (χ0n) is 13.5. The normalized spacial score (nSPS) is 14.2. The second-order valence-electron chi connectivity index (χ2n) is 5.93. The van der Waals surface area contributed by atoms with Gasteiger partial charge >= 0.3 is 0 Å². The van der Waals surface area contributed by atoms with Crippen molar-refractivity contribution in [2.45, 2.75) is 37.1 Å². The zero-order valence-corrected chi connectivity index (χ0v) is 14.3. The number of hydrogen-bond acceptors (Lipinski definition) is 3. The van der Waals surface area contributed by atoms with Gasteiger partial charge in [-0.1, -0.05) is 25.1 Å². The fourth-order valence-electron chi connectivity index (χ4n) is 2.32. The molecule has 2 N–H and O–H groups in total. The standard InChI is InChI=1S/C18H20N2O3S/c1-2-13-6-8-16(9-7-13)20-24(22,23)17-5-3-4-14(12-17)18(21)19-15-10-11-15/h3-9,12,15,20H,2,10-11H2,1H3,(H,19,21). The molecule has 0 bridgehead atoms. The number of sulfonamides is 1. The number of hydrogen-bond donors (Lipinski definition) is 2. The first kappa shape index (κ1) is 16.5. The average Bonchev–Trinajstić information content (AvgIpc) is 3.39. The molecule has 24 heavy (non-hydrogen) atoms. The summed E-state index contributed by atoms with van der Waals surface area (Å²) in [6.45, 7) is 2.04. The fraction of sp³-hybridized carbons (Fsp3) is 0.278. The van der Waals surface area contributed by atoms with Crippen LogP contribution in [0.15, 0.2) is 53.4 Å². The predicted octanol–water partition coefficient (Wildman–Crippen LogP) is 2.94. The van der Waals surface area contributed by atoms with Gasteiger partial charge in [-0.2, -0.15) is 0 Å². The van der Waals surface area contributed by atoms with Crippen molar-refractivity contribution in [3.63, 3.8) is 0 Å². The Kier molecular flexibility index (Phi) is 4.57. The van der Waals surface area contributed by atoms with Gasteiger partial charge in [0.1, 0.15) is 0 Å². The van der Waals surface area contributed by atoms with Crippen molar-refractivity contribution in [1.29, 1.82) is 0 Å². The van der Waals surface area contributed by atoms with Crippen LogP contribution in [0, 0.1) is 0 Å². The van der Waals surface area contributed by atoms with Crippen LogP contribution in [0.3, 0.4) is 0 Å². The third kappa shape index (κ3) is 3.94. The minimum atomic E-state index is -3.73. The highest BCUT2D eigenvalue weighted by atomic mass is 32.2. The molecule has 1 saturated carbocycles. The number of aryl methyl sites for hydroxylation is 1. The van der Waals surface area contributed by atoms with Gasteiger partial charge in [-0.15, -0.1) is 0 Å². The molecule has 0 unspecified atom stereocenters. The number of carbonyl (C=O) groups is 1. The molecule has 1 amide bonds. The summed E-state index contributed by atoms with van der Waals surface area (Å²) in [5, 5.41) is 2.86. The van der Waals surface area contributed by atoms with E-state index in [2.05, 4.69) is 10.0 Å². The van der Waals surface area contributed by atoms with Crippen LogP contribution in [0.1, 0.15) is 35.7 Å². The molecule has 0 aromatic heterocycles. The van der Waals surface area contributed by atoms with Gasteiger partial charge in [0, 0.05) is 17.3 Å². The van der Waals surface area contributed by atoms with Crippen LogP contribution < -0.4 is 10.0 Å². The van der Waals surface area contributed by atoms with Crippen molar-refractivity contribution in [2.24, 2.45) is 0 Å². The molecule has 1 fully saturated rings. The van der Waals surface area contributed by atoms with Crippen LogP contribution in [-0.4, -0.2) is 20.4 Å². The molecule has 1 aliphatic carbocycles. The van der Waals surface area contributed by atoms with Gasteiger partial charge in [-0.05, 0) is 55.2 Å². The monoisotopic (exact) mass is 344 g/mol. The van der Waals surface area contributed by atoms with Crippen LogP contribution in [0.4, 0.5) is 5.69 Å². The van der Waals surface area contributed by atoms with Crippen LogP contribution in [0.2, 0.25) is 0 Å². The number of anilines is 1. The summed E-state index contributed by atoms with van der Waals surface area (Å²) in [4.78, 5) is 12.2. The molecule has 0 spiro atoms. The molecular weight excluding hydrogens is 324 g/mol. The van der Waals surface area contributed by atoms with E-state index in [4.69, 9.17) is 0 Å². The lowest BCUT2D eigenvalue weighted by atomic mass is 10.2. The van der Waals surface area contributed by atoms with Gasteiger partial charge in [0.05, 0.1) is 4.90 Å². The smallest absolute Gasteiger partial charge is 0.261 e. The lowest BCUT2D eigenvalue weighted by molar-refractivity contribution is 0.0951. The van der Waals surface area contributed by atoms with E-state index in [1.54, 1.807) is 24.3 Å². The first-order valence-corrected chi connectivity index (χ1v) is 9.49. The Morgan fingerprint density at radius 2 is 1.83 bits per heavy atom. The third-order valence-electron chi connectivity index (χ3n) is 3.93. The summed E-state index contributed by atoms with van der Waals surface area (Å²) in [5.74, 6) is -0.234. The summed E-state index contributed by atoms with van der Waals surface area (Å²) in [5.41, 5.74) is 1.99. The molecule has 5 nitrogen and oxygen atoms in total. The van der Waals surface area contributed by atoms with Crippen molar-refractivity contribution in [3.05, 3.63) is 59.7 Å². The second-order valence-corrected chi connectivity index (χ2v) is 7.61. The lowest BCUT2D eigenvalue weighted by Crippen LogP contribution is -2.25. The van der Waals surface area contributed by atoms with E-state index in [1.807, 2.05) is 19.1 Å². The SMILES string of the molecule is CCc1ccc(NS(=O)(=O)c2cccc(C(=O)NC3CC3)c2)cc1. The van der Waals surface area contributed by atoms with E-state index < -0.39 is 10.0 Å². The minimum absolute atomic E-state index is 0.0746. The van der Waals surface area contributed by atoms with E-state index in [-0.39, 0.29) is 16.8 Å². The van der Waals surface area contributed by atoms with Crippen LogP contribution in [-0.2, 0) is 16.4 Å². The molecule has 126 valence electrons. The van der Waals surface area contributed by atoms with E-state index >= 15 is 0 Å². The molecule has 1 aliphatic rings. The summed E-state index contributed by atoms with van der Waals surface area (Å²) in [6.07, 6.45) is 2.86. The number of benzene rings is 2. The third-order valence-corrected chi connectivity index (χ3v) is 5.31. The fourth-order valence-corrected chi connectivity index (χ4v) is 3.43. The Balaban J connectivity index is 1.79. The quantitative estimate of drug-likeness (QED) is 0.846. The Morgan fingerprint density at radius 3 is 2.46 bits per heavy atom. The van der Waals surface area contributed by atoms with Crippen molar-refractivity contribution >= 4 is 21.6 Å². The molecule has 2 aromatic rings. The molecule has 0 radical (unpaired) electrons. The first-order chi connectivity index (χ1) is 11.5. The average molecular weight is 344 g/mol. The van der Waals surface area contributed by atoms with Crippen LogP contribution >= 0.6 is 0 Å². The van der Waals surface area contributed by atoms with Gasteiger partial charge < -0.3 is 5.32 Å². The topological polar surface area (TPSA) is 75.3 Å². The maximum Gasteiger partial charge on any atom is 0.261 e. The predicted molar refractivity (Wildman–Crippen MR) is 93.6 cm³/mol. The summed E-state index contributed by atoms with van der Waals surface area (Å²) in [6, 6.07) is 13.6. The lowest BCUT2D eigenvalue weighted by Gasteiger charge is -2.10.